The van der Waals surface area contributed by atoms with Gasteiger partial charge in [0.25, 0.3) is 0 Å². The van der Waals surface area contributed by atoms with Crippen LogP contribution in [0.1, 0.15) is 87.1 Å². The lowest BCUT2D eigenvalue weighted by Crippen LogP contribution is -2.62. The quantitative estimate of drug-likeness (QED) is 0.0364. The molecule has 0 heterocycles. The fraction of sp³-hybridized carbons (Fsp3) is 0.614. The maximum atomic E-state index is 13.8. The van der Waals surface area contributed by atoms with Gasteiger partial charge in [-0.2, -0.15) is 0 Å². The molecule has 25 nitrogen and oxygen atoms in total. The highest BCUT2D eigenvalue weighted by atomic mass is 16.4. The molecule has 1 rings (SSSR count). The standard InChI is InChI=1S/C44H70N10O15/c1-10-22(6)35(42(66)49-29(17-32(45)59)39(63)51-31(19-55)40(64)50-30(44(68)69)15-20(2)3)54-41(65)34(21(4)5)53-43(67)36(24(8)56)52-33(60)18-46-37(61)23(7)47-38(62)28(48-25(9)57)16-26-11-13-27(58)14-12-26/h11-14,20-24,28-31,34-36,55-56,58H,10,15-19H2,1-9H3,(H2,45,59)(H,46,61)(H,47,62)(H,48,57)(H,49,66)(H,50,64)(H,51,63)(H,52,60)(H,53,67)(H,54,65)(H,68,69)/t22-,23+,24-,28+,29+,30+,31+,34+,35+,36+/m1/s1. The second-order valence-electron chi connectivity index (χ2n) is 17.5. The van der Waals surface area contributed by atoms with E-state index in [1.54, 1.807) is 53.7 Å². The average Bonchev–Trinajstić information content (AvgIpc) is 3.25. The molecule has 0 fully saturated rings. The number of aromatic hydroxyl groups is 1. The zero-order valence-corrected chi connectivity index (χ0v) is 40.3. The van der Waals surface area contributed by atoms with Crippen LogP contribution >= 0.6 is 0 Å². The molecule has 1 aromatic rings. The van der Waals surface area contributed by atoms with E-state index < -0.39 is 151 Å². The Bertz CT molecular complexity index is 1980. The predicted molar refractivity (Wildman–Crippen MR) is 246 cm³/mol. The molecular formula is C44H70N10O15. The summed E-state index contributed by atoms with van der Waals surface area (Å²) in [5.41, 5.74) is 5.95. The van der Waals surface area contributed by atoms with Gasteiger partial charge >= 0.3 is 5.97 Å². The third-order valence-electron chi connectivity index (χ3n) is 10.5. The zero-order chi connectivity index (χ0) is 52.9. The highest BCUT2D eigenvalue weighted by Crippen LogP contribution is 2.14. The summed E-state index contributed by atoms with van der Waals surface area (Å²) >= 11 is 0. The first-order valence-electron chi connectivity index (χ1n) is 22.4. The molecule has 15 N–H and O–H groups in total. The minimum atomic E-state index is -1.75. The van der Waals surface area contributed by atoms with Crippen molar-refractivity contribution in [1.29, 1.82) is 0 Å². The van der Waals surface area contributed by atoms with Crippen LogP contribution in [0.25, 0.3) is 0 Å². The third kappa shape index (κ3) is 21.3. The first-order valence-corrected chi connectivity index (χ1v) is 22.4. The Labute approximate surface area is 400 Å². The summed E-state index contributed by atoms with van der Waals surface area (Å²) in [7, 11) is 0. The molecule has 0 unspecified atom stereocenters. The summed E-state index contributed by atoms with van der Waals surface area (Å²) in [6, 6.07) is -5.76. The van der Waals surface area contributed by atoms with Crippen LogP contribution < -0.4 is 53.6 Å². The number of rotatable bonds is 29. The van der Waals surface area contributed by atoms with E-state index in [1.807, 2.05) is 0 Å². The van der Waals surface area contributed by atoms with E-state index in [2.05, 4.69) is 47.9 Å². The second kappa shape index (κ2) is 29.1. The number of phenols is 1. The number of benzene rings is 1. The lowest BCUT2D eigenvalue weighted by atomic mass is 9.95. The molecule has 0 aromatic heterocycles. The molecule has 69 heavy (non-hydrogen) atoms. The van der Waals surface area contributed by atoms with Crippen molar-refractivity contribution in [2.24, 2.45) is 23.5 Å². The first-order chi connectivity index (χ1) is 32.1. The number of primary amides is 1. The van der Waals surface area contributed by atoms with Crippen LogP contribution in [0.2, 0.25) is 0 Å². The van der Waals surface area contributed by atoms with Crippen molar-refractivity contribution in [3.8, 4) is 5.75 Å². The van der Waals surface area contributed by atoms with Gasteiger partial charge < -0.3 is 74.0 Å². The van der Waals surface area contributed by atoms with E-state index in [9.17, 15) is 73.2 Å². The number of phenolic OH excluding ortho intramolecular Hbond substituents is 1. The number of nitrogens with two attached hydrogens (primary N) is 1. The van der Waals surface area contributed by atoms with Crippen molar-refractivity contribution in [1.82, 2.24) is 47.9 Å². The van der Waals surface area contributed by atoms with Gasteiger partial charge in [0.2, 0.25) is 59.1 Å². The molecule has 0 saturated heterocycles. The van der Waals surface area contributed by atoms with Crippen LogP contribution in [0, 0.1) is 17.8 Å². The van der Waals surface area contributed by atoms with E-state index in [0.29, 0.717) is 5.56 Å². The highest BCUT2D eigenvalue weighted by molar-refractivity contribution is 5.99. The van der Waals surface area contributed by atoms with Crippen LogP contribution in [0.4, 0.5) is 0 Å². The van der Waals surface area contributed by atoms with Gasteiger partial charge in [0.15, 0.2) is 0 Å². The minimum absolute atomic E-state index is 0.00602. The summed E-state index contributed by atoms with van der Waals surface area (Å²) in [6.07, 6.45) is -2.04. The van der Waals surface area contributed by atoms with Crippen LogP contribution in [-0.2, 0) is 59.2 Å². The molecule has 0 aliphatic rings. The van der Waals surface area contributed by atoms with Gasteiger partial charge in [-0.15, -0.1) is 0 Å². The fourth-order valence-corrected chi connectivity index (χ4v) is 6.48. The molecule has 386 valence electrons. The smallest absolute Gasteiger partial charge is 0.326 e. The van der Waals surface area contributed by atoms with Crippen molar-refractivity contribution in [2.45, 2.75) is 142 Å². The topological polar surface area (TPSA) is 403 Å². The maximum absolute atomic E-state index is 13.8. The van der Waals surface area contributed by atoms with Crippen molar-refractivity contribution in [2.75, 3.05) is 13.2 Å². The molecule has 0 bridgehead atoms. The number of hydrogen-bond donors (Lipinski definition) is 14. The Balaban J connectivity index is 3.09. The number of aliphatic hydroxyl groups is 2. The summed E-state index contributed by atoms with van der Waals surface area (Å²) in [6.45, 7) is 11.7. The van der Waals surface area contributed by atoms with E-state index in [4.69, 9.17) is 5.73 Å². The van der Waals surface area contributed by atoms with Crippen LogP contribution in [0.5, 0.6) is 5.75 Å². The van der Waals surface area contributed by atoms with Gasteiger partial charge in [-0.1, -0.05) is 60.1 Å². The fourth-order valence-electron chi connectivity index (χ4n) is 6.48. The number of aliphatic hydroxyl groups excluding tert-OH is 2. The Hall–Kier alpha value is -6.89. The molecule has 0 radical (unpaired) electrons. The number of hydrogen-bond acceptors (Lipinski definition) is 14. The first kappa shape index (κ1) is 60.1. The lowest BCUT2D eigenvalue weighted by molar-refractivity contribution is -0.143. The molecule has 25 heteroatoms. The Morgan fingerprint density at radius 1 is 0.609 bits per heavy atom. The SMILES string of the molecule is CC[C@@H](C)[C@H](NC(=O)[C@@H](NC(=O)[C@@H](NC(=O)CNC(=O)[C@H](C)NC(=O)[C@H](Cc1ccc(O)cc1)NC(C)=O)[C@@H](C)O)C(C)C)C(=O)N[C@@H](CC(N)=O)C(=O)N[C@@H](CO)C(=O)N[C@@H](CC(C)C)C(=O)O. The van der Waals surface area contributed by atoms with E-state index in [1.165, 1.54) is 32.9 Å². The van der Waals surface area contributed by atoms with Gasteiger partial charge in [0, 0.05) is 13.3 Å². The molecule has 0 saturated carbocycles. The van der Waals surface area contributed by atoms with Crippen LogP contribution in [0.3, 0.4) is 0 Å². The largest absolute Gasteiger partial charge is 0.508 e. The highest BCUT2D eigenvalue weighted by Gasteiger charge is 2.37. The Kier molecular flexibility index (Phi) is 25.4. The lowest BCUT2D eigenvalue weighted by Gasteiger charge is -2.30. The number of aliphatic carboxylic acids is 1. The molecule has 10 atom stereocenters. The van der Waals surface area contributed by atoms with Crippen LogP contribution in [-0.4, -0.2) is 153 Å². The number of carboxylic acid groups (broad SMARTS) is 1. The summed E-state index contributed by atoms with van der Waals surface area (Å²) in [5, 5.41) is 60.7. The molecule has 0 aliphatic carbocycles. The summed E-state index contributed by atoms with van der Waals surface area (Å²) in [5.74, 6) is -12.1. The van der Waals surface area contributed by atoms with Crippen molar-refractivity contribution >= 4 is 65.0 Å². The normalized spacial score (nSPS) is 15.4. The molecular weight excluding hydrogens is 909 g/mol. The monoisotopic (exact) mass is 979 g/mol. The van der Waals surface area contributed by atoms with E-state index >= 15 is 0 Å². The maximum Gasteiger partial charge on any atom is 0.326 e. The number of carbonyl (C=O) groups is 11. The molecule has 1 aromatic carbocycles. The second-order valence-corrected chi connectivity index (χ2v) is 17.5. The molecule has 0 spiro atoms. The van der Waals surface area contributed by atoms with E-state index in [-0.39, 0.29) is 30.9 Å². The Morgan fingerprint density at radius 2 is 1.12 bits per heavy atom. The number of amides is 10. The average molecular weight is 979 g/mol. The van der Waals surface area contributed by atoms with E-state index in [0.717, 1.165) is 0 Å². The predicted octanol–water partition coefficient (Wildman–Crippen LogP) is -3.95. The van der Waals surface area contributed by atoms with Gasteiger partial charge in [0.1, 0.15) is 54.1 Å². The third-order valence-corrected chi connectivity index (χ3v) is 10.5. The van der Waals surface area contributed by atoms with Crippen molar-refractivity contribution < 1.29 is 73.2 Å². The number of nitrogens with one attached hydrogen (secondary N) is 9. The number of carboxylic acids is 1. The van der Waals surface area contributed by atoms with Crippen LogP contribution in [0.15, 0.2) is 24.3 Å². The van der Waals surface area contributed by atoms with Gasteiger partial charge in [-0.3, -0.25) is 47.9 Å². The summed E-state index contributed by atoms with van der Waals surface area (Å²) in [4.78, 5) is 142. The Morgan fingerprint density at radius 3 is 1.61 bits per heavy atom. The molecule has 10 amide bonds. The van der Waals surface area contributed by atoms with Gasteiger partial charge in [0.05, 0.1) is 25.7 Å². The zero-order valence-electron chi connectivity index (χ0n) is 40.3. The number of carbonyl (C=O) groups excluding carboxylic acids is 10. The van der Waals surface area contributed by atoms with Crippen molar-refractivity contribution in [3.63, 3.8) is 0 Å². The summed E-state index contributed by atoms with van der Waals surface area (Å²) < 4.78 is 0. The van der Waals surface area contributed by atoms with Crippen molar-refractivity contribution in [3.05, 3.63) is 29.8 Å². The molecule has 0 aliphatic heterocycles. The van der Waals surface area contributed by atoms with Gasteiger partial charge in [-0.05, 0) is 55.7 Å². The minimum Gasteiger partial charge on any atom is -0.508 e. The van der Waals surface area contributed by atoms with Gasteiger partial charge in [-0.25, -0.2) is 4.79 Å².